The topological polar surface area (TPSA) is 97.5 Å². The number of aromatic nitrogens is 1. The lowest BCUT2D eigenvalue weighted by atomic mass is 10.1. The molecule has 0 saturated carbocycles. The molecule has 0 atom stereocenters. The van der Waals surface area contributed by atoms with E-state index in [-0.39, 0.29) is 23.0 Å². The molecule has 0 fully saturated rings. The molecular weight excluding hydrogens is 367 g/mol. The maximum Gasteiger partial charge on any atom is 0.355 e. The van der Waals surface area contributed by atoms with Crippen molar-refractivity contribution < 1.29 is 28.2 Å². The first-order valence-electron chi connectivity index (χ1n) is 8.73. The van der Waals surface area contributed by atoms with E-state index in [1.54, 1.807) is 40.7 Å². The molecular formula is C20H23FN2O5. The average Bonchev–Trinajstić information content (AvgIpc) is 2.90. The van der Waals surface area contributed by atoms with Crippen molar-refractivity contribution in [2.45, 2.75) is 40.7 Å². The summed E-state index contributed by atoms with van der Waals surface area (Å²) < 4.78 is 23.7. The Morgan fingerprint density at radius 2 is 1.82 bits per heavy atom. The van der Waals surface area contributed by atoms with Crippen LogP contribution >= 0.6 is 0 Å². The number of aryl methyl sites for hydroxylation is 2. The summed E-state index contributed by atoms with van der Waals surface area (Å²) in [5.74, 6) is -2.39. The van der Waals surface area contributed by atoms with Crippen LogP contribution in [0.4, 0.5) is 10.1 Å². The van der Waals surface area contributed by atoms with E-state index in [4.69, 9.17) is 9.47 Å². The first kappa shape index (κ1) is 21.1. The zero-order chi connectivity index (χ0) is 21.0. The minimum absolute atomic E-state index is 0.0717. The lowest BCUT2D eigenvalue weighted by molar-refractivity contribution is -0.119. The Hall–Kier alpha value is -3.16. The maximum atomic E-state index is 13.5. The number of halogens is 1. The van der Waals surface area contributed by atoms with E-state index in [2.05, 4.69) is 10.3 Å². The van der Waals surface area contributed by atoms with Crippen LogP contribution in [-0.2, 0) is 14.3 Å². The zero-order valence-electron chi connectivity index (χ0n) is 16.4. The molecule has 0 aliphatic carbocycles. The number of carbonyl (C=O) groups is 3. The first-order chi connectivity index (χ1) is 13.1. The number of hydrogen-bond donors (Lipinski definition) is 2. The molecule has 0 spiro atoms. The van der Waals surface area contributed by atoms with Crippen molar-refractivity contribution in [1.29, 1.82) is 0 Å². The molecule has 2 aromatic rings. The molecule has 0 radical (unpaired) electrons. The Morgan fingerprint density at radius 1 is 1.14 bits per heavy atom. The van der Waals surface area contributed by atoms with E-state index >= 15 is 0 Å². The normalized spacial score (nSPS) is 10.7. The number of hydrogen-bond acceptors (Lipinski definition) is 5. The molecule has 0 bridgehead atoms. The number of benzene rings is 1. The molecule has 28 heavy (non-hydrogen) atoms. The van der Waals surface area contributed by atoms with Gasteiger partial charge in [-0.25, -0.2) is 14.0 Å². The number of esters is 2. The fourth-order valence-corrected chi connectivity index (χ4v) is 2.60. The monoisotopic (exact) mass is 390 g/mol. The zero-order valence-corrected chi connectivity index (χ0v) is 16.4. The third-order valence-corrected chi connectivity index (χ3v) is 3.98. The van der Waals surface area contributed by atoms with Gasteiger partial charge in [0.05, 0.1) is 11.7 Å². The predicted octanol–water partition coefficient (Wildman–Crippen LogP) is 3.44. The van der Waals surface area contributed by atoms with Crippen LogP contribution in [0.2, 0.25) is 0 Å². The number of carbonyl (C=O) groups excluding carboxylic acids is 3. The highest BCUT2D eigenvalue weighted by Crippen LogP contribution is 2.20. The third kappa shape index (κ3) is 4.97. The number of ether oxygens (including phenoxy) is 2. The minimum Gasteiger partial charge on any atom is -0.459 e. The highest BCUT2D eigenvalue weighted by molar-refractivity contribution is 5.99. The van der Waals surface area contributed by atoms with Crippen molar-refractivity contribution in [1.82, 2.24) is 4.98 Å². The quantitative estimate of drug-likeness (QED) is 0.737. The van der Waals surface area contributed by atoms with Gasteiger partial charge in [0.15, 0.2) is 6.61 Å². The SMILES string of the molecule is Cc1ccc(NC(=O)COC(=O)c2[nH]c(C)c(C(=O)OC(C)C)c2C)cc1F. The Morgan fingerprint density at radius 3 is 2.43 bits per heavy atom. The lowest BCUT2D eigenvalue weighted by Gasteiger charge is -2.08. The maximum absolute atomic E-state index is 13.5. The van der Waals surface area contributed by atoms with Gasteiger partial charge in [-0.3, -0.25) is 4.79 Å². The Labute approximate surface area is 162 Å². The summed E-state index contributed by atoms with van der Waals surface area (Å²) in [7, 11) is 0. The van der Waals surface area contributed by atoms with Gasteiger partial charge in [-0.1, -0.05) is 6.07 Å². The van der Waals surface area contributed by atoms with Crippen molar-refractivity contribution in [2.24, 2.45) is 0 Å². The fraction of sp³-hybridized carbons (Fsp3) is 0.350. The third-order valence-electron chi connectivity index (χ3n) is 3.98. The predicted molar refractivity (Wildman–Crippen MR) is 101 cm³/mol. The van der Waals surface area contributed by atoms with Crippen LogP contribution in [0.3, 0.4) is 0 Å². The number of amides is 1. The molecule has 0 aliphatic heterocycles. The summed E-state index contributed by atoms with van der Waals surface area (Å²) >= 11 is 0. The van der Waals surface area contributed by atoms with Gasteiger partial charge in [-0.05, 0) is 57.9 Å². The summed E-state index contributed by atoms with van der Waals surface area (Å²) in [5, 5.41) is 2.45. The van der Waals surface area contributed by atoms with Crippen LogP contribution in [0.5, 0.6) is 0 Å². The lowest BCUT2D eigenvalue weighted by Crippen LogP contribution is -2.21. The van der Waals surface area contributed by atoms with Crippen LogP contribution in [0.15, 0.2) is 18.2 Å². The van der Waals surface area contributed by atoms with Gasteiger partial charge < -0.3 is 19.8 Å². The smallest absolute Gasteiger partial charge is 0.355 e. The van der Waals surface area contributed by atoms with Crippen molar-refractivity contribution in [3.05, 3.63) is 52.1 Å². The highest BCUT2D eigenvalue weighted by Gasteiger charge is 2.24. The molecule has 0 aliphatic rings. The number of anilines is 1. The van der Waals surface area contributed by atoms with Crippen molar-refractivity contribution in [2.75, 3.05) is 11.9 Å². The Balaban J connectivity index is 2.02. The van der Waals surface area contributed by atoms with Gasteiger partial charge in [0.1, 0.15) is 11.5 Å². The van der Waals surface area contributed by atoms with Crippen LogP contribution in [-0.4, -0.2) is 35.5 Å². The second-order valence-corrected chi connectivity index (χ2v) is 6.67. The van der Waals surface area contributed by atoms with E-state index in [0.29, 0.717) is 16.8 Å². The molecule has 1 aromatic heterocycles. The summed E-state index contributed by atoms with van der Waals surface area (Å²) in [6, 6.07) is 4.25. The number of rotatable bonds is 6. The standard InChI is InChI=1S/C20H23FN2O5/c1-10(2)28-19(25)17-12(4)18(22-13(17)5)20(26)27-9-16(24)23-14-7-6-11(3)15(21)8-14/h6-8,10,22H,9H2,1-5H3,(H,23,24). The summed E-state index contributed by atoms with van der Waals surface area (Å²) in [6.45, 7) is 7.73. The summed E-state index contributed by atoms with van der Waals surface area (Å²) in [4.78, 5) is 39.2. The molecule has 2 rings (SSSR count). The van der Waals surface area contributed by atoms with Crippen molar-refractivity contribution in [3.8, 4) is 0 Å². The molecule has 0 saturated heterocycles. The number of aromatic amines is 1. The second-order valence-electron chi connectivity index (χ2n) is 6.67. The second kappa shape index (κ2) is 8.69. The number of H-pyrrole nitrogens is 1. The molecule has 1 amide bonds. The molecule has 1 aromatic carbocycles. The van der Waals surface area contributed by atoms with Gasteiger partial charge in [-0.15, -0.1) is 0 Å². The number of nitrogens with one attached hydrogen (secondary N) is 2. The Kier molecular flexibility index (Phi) is 6.56. The van der Waals surface area contributed by atoms with E-state index in [9.17, 15) is 18.8 Å². The largest absolute Gasteiger partial charge is 0.459 e. The van der Waals surface area contributed by atoms with Gasteiger partial charge in [0.2, 0.25) is 0 Å². The van der Waals surface area contributed by atoms with E-state index in [1.807, 2.05) is 0 Å². The van der Waals surface area contributed by atoms with Crippen LogP contribution in [0.25, 0.3) is 0 Å². The van der Waals surface area contributed by atoms with Crippen LogP contribution in [0, 0.1) is 26.6 Å². The molecule has 8 heteroatoms. The molecule has 150 valence electrons. The van der Waals surface area contributed by atoms with Crippen molar-refractivity contribution >= 4 is 23.5 Å². The van der Waals surface area contributed by atoms with Gasteiger partial charge in [0.25, 0.3) is 5.91 Å². The summed E-state index contributed by atoms with van der Waals surface area (Å²) in [6.07, 6.45) is -0.299. The van der Waals surface area contributed by atoms with Crippen LogP contribution < -0.4 is 5.32 Å². The van der Waals surface area contributed by atoms with Gasteiger partial charge >= 0.3 is 11.9 Å². The van der Waals surface area contributed by atoms with Gasteiger partial charge in [-0.2, -0.15) is 0 Å². The first-order valence-corrected chi connectivity index (χ1v) is 8.73. The van der Waals surface area contributed by atoms with Crippen LogP contribution in [0.1, 0.15) is 51.5 Å². The molecule has 1 heterocycles. The molecule has 2 N–H and O–H groups in total. The Bertz CT molecular complexity index is 918. The van der Waals surface area contributed by atoms with E-state index in [1.165, 1.54) is 12.1 Å². The van der Waals surface area contributed by atoms with E-state index in [0.717, 1.165) is 0 Å². The van der Waals surface area contributed by atoms with E-state index < -0.39 is 30.3 Å². The van der Waals surface area contributed by atoms with Crippen molar-refractivity contribution in [3.63, 3.8) is 0 Å². The molecule has 0 unspecified atom stereocenters. The highest BCUT2D eigenvalue weighted by atomic mass is 19.1. The van der Waals surface area contributed by atoms with Gasteiger partial charge in [0, 0.05) is 11.4 Å². The summed E-state index contributed by atoms with van der Waals surface area (Å²) in [5.41, 5.74) is 1.90. The minimum atomic E-state index is -0.783. The average molecular weight is 390 g/mol. The molecule has 7 nitrogen and oxygen atoms in total. The fourth-order valence-electron chi connectivity index (χ4n) is 2.60.